The van der Waals surface area contributed by atoms with Crippen molar-refractivity contribution in [3.63, 3.8) is 0 Å². The Morgan fingerprint density at radius 1 is 1.10 bits per heavy atom. The second kappa shape index (κ2) is 10.1. The van der Waals surface area contributed by atoms with Gasteiger partial charge < -0.3 is 15.4 Å². The number of amides is 2. The molecule has 2 N–H and O–H groups in total. The number of carbonyl (C=O) groups excluding carboxylic acids is 2. The molecule has 1 heterocycles. The number of nitrogens with one attached hydrogen (secondary N) is 2. The molecule has 29 heavy (non-hydrogen) atoms. The SMILES string of the molecule is Cc1ccc(NC(=O)c2nnc(COCC(=O)NCc3ccccc3Cl)s2)cc1. The first kappa shape index (κ1) is 20.9. The van der Waals surface area contributed by atoms with Gasteiger partial charge in [-0.3, -0.25) is 9.59 Å². The van der Waals surface area contributed by atoms with Crippen LogP contribution in [0.4, 0.5) is 5.69 Å². The summed E-state index contributed by atoms with van der Waals surface area (Å²) in [6.45, 7) is 2.26. The minimum Gasteiger partial charge on any atom is -0.364 e. The van der Waals surface area contributed by atoms with E-state index >= 15 is 0 Å². The lowest BCUT2D eigenvalue weighted by Crippen LogP contribution is -2.27. The van der Waals surface area contributed by atoms with Crippen molar-refractivity contribution in [2.75, 3.05) is 11.9 Å². The number of rotatable bonds is 8. The van der Waals surface area contributed by atoms with Crippen LogP contribution in [-0.2, 0) is 22.7 Å². The molecular formula is C20H19ClN4O3S. The summed E-state index contributed by atoms with van der Waals surface area (Å²) in [5.41, 5.74) is 2.62. The Hall–Kier alpha value is -2.81. The van der Waals surface area contributed by atoms with E-state index < -0.39 is 0 Å². The summed E-state index contributed by atoms with van der Waals surface area (Å²) < 4.78 is 5.36. The zero-order valence-electron chi connectivity index (χ0n) is 15.6. The number of ether oxygens (including phenoxy) is 1. The van der Waals surface area contributed by atoms with Crippen molar-refractivity contribution >= 4 is 40.4 Å². The number of aromatic nitrogens is 2. The molecule has 7 nitrogen and oxygen atoms in total. The highest BCUT2D eigenvalue weighted by atomic mass is 35.5. The van der Waals surface area contributed by atoms with Crippen LogP contribution in [-0.4, -0.2) is 28.6 Å². The van der Waals surface area contributed by atoms with Crippen LogP contribution < -0.4 is 10.6 Å². The number of carbonyl (C=O) groups is 2. The molecule has 150 valence electrons. The number of hydrogen-bond acceptors (Lipinski definition) is 6. The van der Waals surface area contributed by atoms with Gasteiger partial charge in [0.1, 0.15) is 18.2 Å². The molecule has 1 aromatic heterocycles. The molecule has 0 aliphatic rings. The smallest absolute Gasteiger partial charge is 0.286 e. The molecule has 0 aliphatic carbocycles. The van der Waals surface area contributed by atoms with Crippen LogP contribution in [0.25, 0.3) is 0 Å². The normalized spacial score (nSPS) is 10.6. The van der Waals surface area contributed by atoms with Gasteiger partial charge in [-0.2, -0.15) is 0 Å². The Labute approximate surface area is 177 Å². The van der Waals surface area contributed by atoms with Crippen molar-refractivity contribution in [3.05, 3.63) is 74.7 Å². The van der Waals surface area contributed by atoms with Crippen LogP contribution >= 0.6 is 22.9 Å². The molecule has 2 amide bonds. The Bertz CT molecular complexity index is 991. The Morgan fingerprint density at radius 3 is 2.62 bits per heavy atom. The van der Waals surface area contributed by atoms with Gasteiger partial charge in [0.2, 0.25) is 10.9 Å². The topological polar surface area (TPSA) is 93.2 Å². The first-order valence-corrected chi connectivity index (χ1v) is 9.99. The van der Waals surface area contributed by atoms with E-state index in [1.165, 1.54) is 0 Å². The molecule has 0 unspecified atom stereocenters. The summed E-state index contributed by atoms with van der Waals surface area (Å²) in [5.74, 6) is -0.609. The fraction of sp³-hybridized carbons (Fsp3) is 0.200. The van der Waals surface area contributed by atoms with Crippen molar-refractivity contribution in [2.45, 2.75) is 20.1 Å². The maximum Gasteiger partial charge on any atom is 0.286 e. The molecule has 0 bridgehead atoms. The summed E-state index contributed by atoms with van der Waals surface area (Å²) in [7, 11) is 0. The molecule has 0 spiro atoms. The Kier molecular flexibility index (Phi) is 7.29. The number of anilines is 1. The van der Waals surface area contributed by atoms with E-state index in [0.29, 0.717) is 22.3 Å². The van der Waals surface area contributed by atoms with Gasteiger partial charge in [-0.25, -0.2) is 0 Å². The van der Waals surface area contributed by atoms with Crippen LogP contribution in [0, 0.1) is 6.92 Å². The fourth-order valence-electron chi connectivity index (χ4n) is 2.34. The highest BCUT2D eigenvalue weighted by Crippen LogP contribution is 2.15. The molecule has 3 rings (SSSR count). The second-order valence-electron chi connectivity index (χ2n) is 6.18. The molecule has 0 radical (unpaired) electrons. The molecule has 9 heteroatoms. The Balaban J connectivity index is 1.41. The van der Waals surface area contributed by atoms with Crippen LogP contribution in [0.3, 0.4) is 0 Å². The van der Waals surface area contributed by atoms with E-state index in [-0.39, 0.29) is 30.0 Å². The first-order chi connectivity index (χ1) is 14.0. The molecule has 0 saturated carbocycles. The van der Waals surface area contributed by atoms with Crippen LogP contribution in [0.2, 0.25) is 5.02 Å². The lowest BCUT2D eigenvalue weighted by molar-refractivity contribution is -0.126. The summed E-state index contributed by atoms with van der Waals surface area (Å²) in [5, 5.41) is 14.6. The van der Waals surface area contributed by atoms with Crippen LogP contribution in [0.15, 0.2) is 48.5 Å². The van der Waals surface area contributed by atoms with Gasteiger partial charge in [-0.15, -0.1) is 10.2 Å². The third-order valence-electron chi connectivity index (χ3n) is 3.86. The minimum absolute atomic E-state index is 0.0923. The van der Waals surface area contributed by atoms with Crippen molar-refractivity contribution < 1.29 is 14.3 Å². The number of halogens is 1. The van der Waals surface area contributed by atoms with Gasteiger partial charge in [-0.1, -0.05) is 58.8 Å². The highest BCUT2D eigenvalue weighted by Gasteiger charge is 2.13. The molecule has 3 aromatic rings. The van der Waals surface area contributed by atoms with Crippen LogP contribution in [0.1, 0.15) is 25.9 Å². The summed E-state index contributed by atoms with van der Waals surface area (Å²) in [4.78, 5) is 24.1. The van der Waals surface area contributed by atoms with Gasteiger partial charge in [0.15, 0.2) is 0 Å². The summed E-state index contributed by atoms with van der Waals surface area (Å²) in [6, 6.07) is 14.7. The lowest BCUT2D eigenvalue weighted by Gasteiger charge is -2.06. The predicted molar refractivity (Wildman–Crippen MR) is 112 cm³/mol. The van der Waals surface area contributed by atoms with Gasteiger partial charge in [0, 0.05) is 17.3 Å². The lowest BCUT2D eigenvalue weighted by atomic mass is 10.2. The average Bonchev–Trinajstić information content (AvgIpc) is 3.18. The van der Waals surface area contributed by atoms with Gasteiger partial charge in [0.05, 0.1) is 0 Å². The maximum atomic E-state index is 12.2. The first-order valence-electron chi connectivity index (χ1n) is 8.79. The largest absolute Gasteiger partial charge is 0.364 e. The average molecular weight is 431 g/mol. The monoisotopic (exact) mass is 430 g/mol. The number of hydrogen-bond donors (Lipinski definition) is 2. The molecular weight excluding hydrogens is 412 g/mol. The van der Waals surface area contributed by atoms with E-state index in [1.807, 2.05) is 49.4 Å². The molecule has 0 saturated heterocycles. The van der Waals surface area contributed by atoms with Crippen molar-refractivity contribution in [2.24, 2.45) is 0 Å². The second-order valence-corrected chi connectivity index (χ2v) is 7.65. The number of benzene rings is 2. The van der Waals surface area contributed by atoms with E-state index in [9.17, 15) is 9.59 Å². The van der Waals surface area contributed by atoms with Crippen molar-refractivity contribution in [3.8, 4) is 0 Å². The van der Waals surface area contributed by atoms with Gasteiger partial charge in [0.25, 0.3) is 5.91 Å². The standard InChI is InChI=1S/C20H19ClN4O3S/c1-13-6-8-15(9-7-13)23-19(27)20-25-24-18(29-20)12-28-11-17(26)22-10-14-4-2-3-5-16(14)21/h2-9H,10-12H2,1H3,(H,22,26)(H,23,27). The fourth-order valence-corrected chi connectivity index (χ4v) is 3.22. The molecule has 0 aliphatic heterocycles. The number of nitrogens with zero attached hydrogens (tertiary/aromatic N) is 2. The van der Waals surface area contributed by atoms with E-state index in [2.05, 4.69) is 20.8 Å². The molecule has 0 atom stereocenters. The summed E-state index contributed by atoms with van der Waals surface area (Å²) >= 11 is 7.17. The maximum absolute atomic E-state index is 12.2. The number of aryl methyl sites for hydroxylation is 1. The van der Waals surface area contributed by atoms with Crippen LogP contribution in [0.5, 0.6) is 0 Å². The third-order valence-corrected chi connectivity index (χ3v) is 5.13. The van der Waals surface area contributed by atoms with E-state index in [4.69, 9.17) is 16.3 Å². The highest BCUT2D eigenvalue weighted by molar-refractivity contribution is 7.13. The van der Waals surface area contributed by atoms with Crippen molar-refractivity contribution in [1.29, 1.82) is 0 Å². The van der Waals surface area contributed by atoms with Gasteiger partial charge >= 0.3 is 0 Å². The predicted octanol–water partition coefficient (Wildman–Crippen LogP) is 3.59. The summed E-state index contributed by atoms with van der Waals surface area (Å²) in [6.07, 6.45) is 0. The zero-order chi connectivity index (χ0) is 20.6. The van der Waals surface area contributed by atoms with E-state index in [1.54, 1.807) is 6.07 Å². The van der Waals surface area contributed by atoms with E-state index in [0.717, 1.165) is 22.5 Å². The third kappa shape index (κ3) is 6.35. The van der Waals surface area contributed by atoms with Crippen molar-refractivity contribution in [1.82, 2.24) is 15.5 Å². The zero-order valence-corrected chi connectivity index (χ0v) is 17.2. The molecule has 2 aromatic carbocycles. The quantitative estimate of drug-likeness (QED) is 0.569. The Morgan fingerprint density at radius 2 is 1.86 bits per heavy atom. The minimum atomic E-state index is -0.338. The van der Waals surface area contributed by atoms with Gasteiger partial charge in [-0.05, 0) is 30.7 Å². The molecule has 0 fully saturated rings.